The van der Waals surface area contributed by atoms with Gasteiger partial charge in [0.1, 0.15) is 24.2 Å². The Morgan fingerprint density at radius 3 is 2.83 bits per heavy atom. The van der Waals surface area contributed by atoms with Crippen LogP contribution in [-0.2, 0) is 17.9 Å². The third kappa shape index (κ3) is 5.50. The number of pyridine rings is 1. The van der Waals surface area contributed by atoms with E-state index in [1.165, 1.54) is 6.07 Å². The van der Waals surface area contributed by atoms with E-state index in [4.69, 9.17) is 10.00 Å². The molecular weight excluding hydrogens is 541 g/mol. The molecule has 2 saturated heterocycles. The summed E-state index contributed by atoms with van der Waals surface area (Å²) < 4.78 is 20.6. The first-order chi connectivity index (χ1) is 19.9. The van der Waals surface area contributed by atoms with E-state index in [1.807, 2.05) is 29.2 Å². The van der Waals surface area contributed by atoms with Crippen molar-refractivity contribution in [3.05, 3.63) is 95.1 Å². The molecule has 3 aliphatic heterocycles. The summed E-state index contributed by atoms with van der Waals surface area (Å²) in [5, 5.41) is 12.9. The van der Waals surface area contributed by atoms with Gasteiger partial charge in [-0.3, -0.25) is 9.59 Å². The molecule has 3 aliphatic rings. The highest BCUT2D eigenvalue weighted by Gasteiger charge is 2.39. The average molecular weight is 570 g/mol. The van der Waals surface area contributed by atoms with E-state index < -0.39 is 6.04 Å². The predicted molar refractivity (Wildman–Crippen MR) is 153 cm³/mol. The van der Waals surface area contributed by atoms with Gasteiger partial charge in [-0.05, 0) is 55.7 Å². The van der Waals surface area contributed by atoms with Crippen LogP contribution in [0.2, 0.25) is 0 Å². The SMILES string of the molecule is C=C1CC[C@@H](N2Cc3c(OCc4ccc(SC5CCN(c6ccc(C#N)cc6F)C5)nc4)cccc3C2=O)C(=O)N1. The minimum absolute atomic E-state index is 0.159. The number of amides is 2. The molecule has 0 bridgehead atoms. The fourth-order valence-corrected chi connectivity index (χ4v) is 6.63. The molecule has 2 fully saturated rings. The topological polar surface area (TPSA) is 98.6 Å². The van der Waals surface area contributed by atoms with Crippen LogP contribution in [0.25, 0.3) is 0 Å². The first-order valence-corrected chi connectivity index (χ1v) is 14.4. The number of carbonyl (C=O) groups is 2. The number of benzene rings is 2. The third-order valence-corrected chi connectivity index (χ3v) is 8.89. The van der Waals surface area contributed by atoms with E-state index in [1.54, 1.807) is 47.1 Å². The van der Waals surface area contributed by atoms with E-state index in [-0.39, 0.29) is 22.9 Å². The number of nitrogens with one attached hydrogen (secondary N) is 1. The second-order valence-corrected chi connectivity index (χ2v) is 11.7. The second kappa shape index (κ2) is 11.3. The first kappa shape index (κ1) is 26.8. The molecule has 2 atom stereocenters. The van der Waals surface area contributed by atoms with Crippen LogP contribution in [0.5, 0.6) is 5.75 Å². The van der Waals surface area contributed by atoms with Crippen LogP contribution in [0.3, 0.4) is 0 Å². The number of ether oxygens (including phenoxy) is 1. The van der Waals surface area contributed by atoms with Crippen LogP contribution in [0.1, 0.15) is 46.3 Å². The molecule has 1 N–H and O–H groups in total. The summed E-state index contributed by atoms with van der Waals surface area (Å²) in [6.07, 6.45) is 3.90. The van der Waals surface area contributed by atoms with Gasteiger partial charge in [-0.15, -0.1) is 11.8 Å². The molecule has 6 rings (SSSR count). The van der Waals surface area contributed by atoms with Gasteiger partial charge in [-0.25, -0.2) is 9.37 Å². The van der Waals surface area contributed by atoms with Gasteiger partial charge in [0.15, 0.2) is 0 Å². The van der Waals surface area contributed by atoms with E-state index >= 15 is 0 Å². The van der Waals surface area contributed by atoms with Crippen LogP contribution in [-0.4, -0.2) is 46.1 Å². The molecule has 8 nitrogen and oxygen atoms in total. The zero-order valence-electron chi connectivity index (χ0n) is 22.3. The van der Waals surface area contributed by atoms with Crippen molar-refractivity contribution in [3.8, 4) is 11.8 Å². The Morgan fingerprint density at radius 2 is 2.07 bits per heavy atom. The van der Waals surface area contributed by atoms with Crippen molar-refractivity contribution < 1.29 is 18.7 Å². The van der Waals surface area contributed by atoms with Gasteiger partial charge in [-0.1, -0.05) is 18.7 Å². The Bertz CT molecular complexity index is 1570. The predicted octanol–water partition coefficient (Wildman–Crippen LogP) is 4.79. The summed E-state index contributed by atoms with van der Waals surface area (Å²) in [6, 6.07) is 15.4. The first-order valence-electron chi connectivity index (χ1n) is 13.5. The molecule has 1 unspecified atom stereocenters. The molecule has 10 heteroatoms. The molecule has 0 saturated carbocycles. The van der Waals surface area contributed by atoms with Gasteiger partial charge in [0.2, 0.25) is 5.91 Å². The third-order valence-electron chi connectivity index (χ3n) is 7.69. The molecule has 1 aromatic heterocycles. The number of aromatic nitrogens is 1. The number of hydrogen-bond donors (Lipinski definition) is 1. The maximum Gasteiger partial charge on any atom is 0.255 e. The minimum Gasteiger partial charge on any atom is -0.488 e. The Morgan fingerprint density at radius 1 is 1.20 bits per heavy atom. The number of carbonyl (C=O) groups excluding carboxylic acids is 2. The fraction of sp³-hybridized carbons (Fsp3) is 0.290. The summed E-state index contributed by atoms with van der Waals surface area (Å²) >= 11 is 1.67. The Hall–Kier alpha value is -4.36. The molecule has 0 aliphatic carbocycles. The normalized spacial score (nSPS) is 20.1. The molecule has 4 heterocycles. The highest BCUT2D eigenvalue weighted by Crippen LogP contribution is 2.35. The number of piperidine rings is 1. The maximum atomic E-state index is 14.4. The highest BCUT2D eigenvalue weighted by molar-refractivity contribution is 7.99. The zero-order valence-corrected chi connectivity index (χ0v) is 23.1. The second-order valence-electron chi connectivity index (χ2n) is 10.4. The smallest absolute Gasteiger partial charge is 0.255 e. The number of nitriles is 1. The van der Waals surface area contributed by atoms with E-state index in [9.17, 15) is 14.0 Å². The lowest BCUT2D eigenvalue weighted by Gasteiger charge is -2.31. The fourth-order valence-electron chi connectivity index (χ4n) is 5.55. The van der Waals surface area contributed by atoms with E-state index in [0.29, 0.717) is 60.8 Å². The zero-order chi connectivity index (χ0) is 28.5. The largest absolute Gasteiger partial charge is 0.488 e. The Kier molecular flexibility index (Phi) is 7.37. The van der Waals surface area contributed by atoms with Gasteiger partial charge in [0.25, 0.3) is 5.91 Å². The van der Waals surface area contributed by atoms with Gasteiger partial charge in [0.05, 0.1) is 28.9 Å². The molecule has 208 valence electrons. The lowest BCUT2D eigenvalue weighted by Crippen LogP contribution is -2.49. The van der Waals surface area contributed by atoms with Crippen molar-refractivity contribution >= 4 is 29.3 Å². The molecule has 0 radical (unpaired) electrons. The van der Waals surface area contributed by atoms with Crippen LogP contribution in [0.15, 0.2) is 72.0 Å². The quantitative estimate of drug-likeness (QED) is 0.437. The maximum absolute atomic E-state index is 14.4. The van der Waals surface area contributed by atoms with Crippen molar-refractivity contribution in [1.29, 1.82) is 5.26 Å². The van der Waals surface area contributed by atoms with Gasteiger partial charge in [0, 0.05) is 46.9 Å². The number of halogens is 1. The standard InChI is InChI=1S/C31H28FN5O3S/c1-19-5-8-27(30(38)35-19)37-17-24-23(31(37)39)3-2-4-28(24)40-18-21-7-10-29(34-15-21)41-22-11-12-36(16-22)26-9-6-20(14-33)13-25(26)32/h2-4,6-7,9-10,13,15,22,27H,1,5,8,11-12,16-18H2,(H,35,38)/t22?,27-/m1/s1. The molecule has 2 amide bonds. The molecule has 2 aromatic carbocycles. The molecular formula is C31H28FN5O3S. The van der Waals surface area contributed by atoms with Gasteiger partial charge in [-0.2, -0.15) is 5.26 Å². The van der Waals surface area contributed by atoms with Crippen molar-refractivity contribution in [2.24, 2.45) is 0 Å². The summed E-state index contributed by atoms with van der Waals surface area (Å²) in [5.74, 6) is -0.100. The van der Waals surface area contributed by atoms with Crippen LogP contribution in [0.4, 0.5) is 10.1 Å². The van der Waals surface area contributed by atoms with Crippen molar-refractivity contribution in [1.82, 2.24) is 15.2 Å². The molecule has 41 heavy (non-hydrogen) atoms. The van der Waals surface area contributed by atoms with E-state index in [0.717, 1.165) is 29.1 Å². The van der Waals surface area contributed by atoms with Crippen molar-refractivity contribution in [2.45, 2.75) is 48.7 Å². The number of nitrogens with zero attached hydrogens (tertiary/aromatic N) is 4. The Balaban J connectivity index is 1.05. The molecule has 0 spiro atoms. The monoisotopic (exact) mass is 569 g/mol. The lowest BCUT2D eigenvalue weighted by molar-refractivity contribution is -0.126. The molecule has 3 aromatic rings. The summed E-state index contributed by atoms with van der Waals surface area (Å²) in [5.41, 5.74) is 3.78. The van der Waals surface area contributed by atoms with Gasteiger partial charge >= 0.3 is 0 Å². The number of thioether (sulfide) groups is 1. The highest BCUT2D eigenvalue weighted by atomic mass is 32.2. The van der Waals surface area contributed by atoms with Crippen LogP contribution in [0, 0.1) is 17.1 Å². The minimum atomic E-state index is -0.516. The van der Waals surface area contributed by atoms with Crippen LogP contribution < -0.4 is 15.0 Å². The number of fused-ring (bicyclic) bond motifs is 1. The van der Waals surface area contributed by atoms with Crippen LogP contribution >= 0.6 is 11.8 Å². The average Bonchev–Trinajstić information content (AvgIpc) is 3.57. The van der Waals surface area contributed by atoms with Gasteiger partial charge < -0.3 is 19.9 Å². The lowest BCUT2D eigenvalue weighted by atomic mass is 10.0. The Labute approximate surface area is 241 Å². The summed E-state index contributed by atoms with van der Waals surface area (Å²) in [7, 11) is 0. The number of anilines is 1. The van der Waals surface area contributed by atoms with E-state index in [2.05, 4.69) is 16.9 Å². The number of allylic oxidation sites excluding steroid dienone is 1. The summed E-state index contributed by atoms with van der Waals surface area (Å²) in [4.78, 5) is 33.8. The van der Waals surface area contributed by atoms with Crippen molar-refractivity contribution in [3.63, 3.8) is 0 Å². The number of hydrogen-bond acceptors (Lipinski definition) is 7. The summed E-state index contributed by atoms with van der Waals surface area (Å²) in [6.45, 7) is 5.89. The number of rotatable bonds is 7. The van der Waals surface area contributed by atoms with Crippen molar-refractivity contribution in [2.75, 3.05) is 18.0 Å².